The number of ether oxygens (including phenoxy) is 2. The third-order valence-corrected chi connectivity index (χ3v) is 8.09. The van der Waals surface area contributed by atoms with Crippen LogP contribution < -0.4 is 20.7 Å². The smallest absolute Gasteiger partial charge is 0.243 e. The number of methoxy groups -OCH3 is 1. The van der Waals surface area contributed by atoms with E-state index in [1.165, 1.54) is 0 Å². The lowest BCUT2D eigenvalue weighted by atomic mass is 9.92. The normalized spacial score (nSPS) is 18.3. The van der Waals surface area contributed by atoms with Crippen LogP contribution in [0.1, 0.15) is 50.7 Å². The second-order valence-electron chi connectivity index (χ2n) is 11.4. The fraction of sp³-hybridized carbons (Fsp3) is 0.500. The lowest BCUT2D eigenvalue weighted by Gasteiger charge is -2.27. The van der Waals surface area contributed by atoms with Crippen molar-refractivity contribution in [3.05, 3.63) is 65.7 Å². The summed E-state index contributed by atoms with van der Waals surface area (Å²) in [7, 11) is 1.58. The topological polar surface area (TPSA) is 123 Å². The molecular formula is C32H41N3O6. The Bertz CT molecular complexity index is 1210. The molecule has 0 spiro atoms. The molecule has 0 aromatic heterocycles. The lowest BCUT2D eigenvalue weighted by Crippen LogP contribution is -2.57. The summed E-state index contributed by atoms with van der Waals surface area (Å²) in [5.74, 6) is -0.644. The summed E-state index contributed by atoms with van der Waals surface area (Å²) in [6.07, 6.45) is 3.37. The zero-order chi connectivity index (χ0) is 29.4. The molecule has 1 heterocycles. The van der Waals surface area contributed by atoms with Crippen LogP contribution in [-0.4, -0.2) is 62.0 Å². The quantitative estimate of drug-likeness (QED) is 0.345. The van der Waals surface area contributed by atoms with Crippen molar-refractivity contribution < 1.29 is 28.7 Å². The van der Waals surface area contributed by atoms with Crippen molar-refractivity contribution in [3.63, 3.8) is 0 Å². The van der Waals surface area contributed by atoms with E-state index >= 15 is 0 Å². The molecule has 3 N–H and O–H groups in total. The van der Waals surface area contributed by atoms with Gasteiger partial charge in [-0.15, -0.1) is 0 Å². The number of ketones is 1. The van der Waals surface area contributed by atoms with Gasteiger partial charge in [0, 0.05) is 31.0 Å². The predicted octanol–water partition coefficient (Wildman–Crippen LogP) is 2.75. The number of carbonyl (C=O) groups is 4. The zero-order valence-electron chi connectivity index (χ0n) is 24.1. The minimum atomic E-state index is -0.962. The van der Waals surface area contributed by atoms with Gasteiger partial charge in [-0.3, -0.25) is 19.2 Å². The molecule has 2 fully saturated rings. The molecule has 1 aliphatic heterocycles. The van der Waals surface area contributed by atoms with Crippen LogP contribution >= 0.6 is 0 Å². The highest BCUT2D eigenvalue weighted by atomic mass is 16.5. The van der Waals surface area contributed by atoms with Crippen molar-refractivity contribution in [3.8, 4) is 5.75 Å². The van der Waals surface area contributed by atoms with Crippen LogP contribution in [-0.2, 0) is 36.8 Å². The number of nitrogens with one attached hydrogen (secondary N) is 3. The zero-order valence-corrected chi connectivity index (χ0v) is 24.1. The van der Waals surface area contributed by atoms with Crippen LogP contribution in [0.25, 0.3) is 0 Å². The second kappa shape index (κ2) is 13.8. The predicted molar refractivity (Wildman–Crippen MR) is 154 cm³/mol. The van der Waals surface area contributed by atoms with Gasteiger partial charge in [0.15, 0.2) is 5.78 Å². The highest BCUT2D eigenvalue weighted by Gasteiger charge is 2.48. The number of hydrogen-bond donors (Lipinski definition) is 3. The van der Waals surface area contributed by atoms with Crippen LogP contribution in [0.4, 0.5) is 0 Å². The number of rotatable bonds is 13. The summed E-state index contributed by atoms with van der Waals surface area (Å²) in [5.41, 5.74) is 1.31. The SMILES string of the molecule is COc1ccc(C[C@H](NC(=O)[C@@H](C)NC(=O)C2CCOCC2)C(=O)N[C@@H](Cc2ccccc2)C(=O)C2(C)CC2)cc1. The van der Waals surface area contributed by atoms with Crippen molar-refractivity contribution in [1.82, 2.24) is 16.0 Å². The van der Waals surface area contributed by atoms with Gasteiger partial charge in [-0.25, -0.2) is 0 Å². The third-order valence-electron chi connectivity index (χ3n) is 8.09. The molecule has 2 aromatic carbocycles. The molecule has 1 saturated carbocycles. The van der Waals surface area contributed by atoms with Crippen molar-refractivity contribution in [2.45, 2.75) is 70.5 Å². The Balaban J connectivity index is 1.49. The van der Waals surface area contributed by atoms with Crippen molar-refractivity contribution in [1.29, 1.82) is 0 Å². The first kappa shape index (κ1) is 30.2. The van der Waals surface area contributed by atoms with E-state index in [1.807, 2.05) is 49.4 Å². The number of amides is 3. The van der Waals surface area contributed by atoms with E-state index in [1.54, 1.807) is 26.2 Å². The summed E-state index contributed by atoms with van der Waals surface area (Å²) in [5, 5.41) is 8.58. The maximum absolute atomic E-state index is 13.7. The molecule has 3 amide bonds. The molecule has 9 heteroatoms. The average molecular weight is 564 g/mol. The summed E-state index contributed by atoms with van der Waals surface area (Å²) in [6.45, 7) is 4.57. The van der Waals surface area contributed by atoms with Gasteiger partial charge < -0.3 is 25.4 Å². The van der Waals surface area contributed by atoms with E-state index in [4.69, 9.17) is 9.47 Å². The Morgan fingerprint density at radius 1 is 0.854 bits per heavy atom. The largest absolute Gasteiger partial charge is 0.497 e. The fourth-order valence-corrected chi connectivity index (χ4v) is 5.05. The first-order valence-electron chi connectivity index (χ1n) is 14.4. The molecule has 41 heavy (non-hydrogen) atoms. The van der Waals surface area contributed by atoms with Crippen LogP contribution in [0.2, 0.25) is 0 Å². The van der Waals surface area contributed by atoms with Crippen LogP contribution in [0.3, 0.4) is 0 Å². The minimum Gasteiger partial charge on any atom is -0.497 e. The molecule has 1 aliphatic carbocycles. The van der Waals surface area contributed by atoms with Crippen LogP contribution in [0.15, 0.2) is 54.6 Å². The van der Waals surface area contributed by atoms with E-state index in [2.05, 4.69) is 16.0 Å². The fourth-order valence-electron chi connectivity index (χ4n) is 5.05. The van der Waals surface area contributed by atoms with Gasteiger partial charge in [-0.1, -0.05) is 49.4 Å². The van der Waals surface area contributed by atoms with Crippen molar-refractivity contribution in [2.24, 2.45) is 11.3 Å². The number of carbonyl (C=O) groups excluding carboxylic acids is 4. The van der Waals surface area contributed by atoms with Gasteiger partial charge in [0.2, 0.25) is 17.7 Å². The standard InChI is InChI=1S/C32H41N3O6/c1-21(33-30(38)24-13-17-41-18-14-24)29(37)35-27(20-23-9-11-25(40-3)12-10-23)31(39)34-26(28(36)32(2)15-16-32)19-22-7-5-4-6-8-22/h4-12,21,24,26-27H,13-20H2,1-3H3,(H,33,38)(H,34,39)(H,35,37)/t21-,26+,27+/m1/s1. The molecular weight excluding hydrogens is 522 g/mol. The van der Waals surface area contributed by atoms with Crippen molar-refractivity contribution in [2.75, 3.05) is 20.3 Å². The molecule has 0 unspecified atom stereocenters. The molecule has 220 valence electrons. The Morgan fingerprint density at radius 2 is 1.44 bits per heavy atom. The maximum Gasteiger partial charge on any atom is 0.243 e. The molecule has 0 bridgehead atoms. The summed E-state index contributed by atoms with van der Waals surface area (Å²) in [4.78, 5) is 53.1. The van der Waals surface area contributed by atoms with E-state index in [0.717, 1.165) is 24.0 Å². The first-order valence-corrected chi connectivity index (χ1v) is 14.4. The highest BCUT2D eigenvalue weighted by molar-refractivity contribution is 5.97. The Morgan fingerprint density at radius 3 is 2.05 bits per heavy atom. The minimum absolute atomic E-state index is 0.00122. The Kier molecular flexibility index (Phi) is 10.2. The lowest BCUT2D eigenvalue weighted by molar-refractivity contribution is -0.135. The molecule has 0 radical (unpaired) electrons. The van der Waals surface area contributed by atoms with Crippen LogP contribution in [0, 0.1) is 11.3 Å². The summed E-state index contributed by atoms with van der Waals surface area (Å²) in [6, 6.07) is 14.3. The molecule has 1 saturated heterocycles. The third kappa shape index (κ3) is 8.39. The molecule has 4 rings (SSSR count). The van der Waals surface area contributed by atoms with Gasteiger partial charge in [-0.05, 0) is 62.3 Å². The summed E-state index contributed by atoms with van der Waals surface area (Å²) < 4.78 is 10.6. The molecule has 9 nitrogen and oxygen atoms in total. The van der Waals surface area contributed by atoms with Gasteiger partial charge in [0.1, 0.15) is 17.8 Å². The Hall–Kier alpha value is -3.72. The molecule has 3 atom stereocenters. The highest BCUT2D eigenvalue weighted by Crippen LogP contribution is 2.46. The van der Waals surface area contributed by atoms with Gasteiger partial charge >= 0.3 is 0 Å². The van der Waals surface area contributed by atoms with E-state index in [9.17, 15) is 19.2 Å². The van der Waals surface area contributed by atoms with Crippen molar-refractivity contribution >= 4 is 23.5 Å². The number of Topliss-reactive ketones (excluding diaryl/α,β-unsaturated/α-hetero) is 1. The monoisotopic (exact) mass is 563 g/mol. The van der Waals surface area contributed by atoms with Gasteiger partial charge in [0.25, 0.3) is 0 Å². The molecule has 2 aliphatic rings. The summed E-state index contributed by atoms with van der Waals surface area (Å²) >= 11 is 0. The van der Waals surface area contributed by atoms with E-state index < -0.39 is 35.4 Å². The van der Waals surface area contributed by atoms with E-state index in [0.29, 0.717) is 38.2 Å². The van der Waals surface area contributed by atoms with Gasteiger partial charge in [-0.2, -0.15) is 0 Å². The van der Waals surface area contributed by atoms with E-state index in [-0.39, 0.29) is 24.0 Å². The second-order valence-corrected chi connectivity index (χ2v) is 11.4. The first-order chi connectivity index (χ1) is 19.7. The Labute approximate surface area is 241 Å². The number of hydrogen-bond acceptors (Lipinski definition) is 6. The van der Waals surface area contributed by atoms with Gasteiger partial charge in [0.05, 0.1) is 13.2 Å². The molecule has 2 aromatic rings. The maximum atomic E-state index is 13.7. The average Bonchev–Trinajstić information content (AvgIpc) is 3.75. The van der Waals surface area contributed by atoms with Crippen LogP contribution in [0.5, 0.6) is 5.75 Å². The number of benzene rings is 2.